The van der Waals surface area contributed by atoms with E-state index in [1.54, 1.807) is 0 Å². The van der Waals surface area contributed by atoms with Crippen LogP contribution in [0.4, 0.5) is 13.2 Å². The predicted molar refractivity (Wildman–Crippen MR) is 91.2 cm³/mol. The molecule has 0 heterocycles. The third kappa shape index (κ3) is 7.30. The Balaban J connectivity index is 1.85. The summed E-state index contributed by atoms with van der Waals surface area (Å²) in [5.41, 5.74) is 7.47. The molecule has 0 aromatic heterocycles. The van der Waals surface area contributed by atoms with Gasteiger partial charge in [-0.1, -0.05) is 36.4 Å². The van der Waals surface area contributed by atoms with Gasteiger partial charge < -0.3 is 15.2 Å². The number of alkyl halides is 3. The minimum atomic E-state index is -4.68. The second-order valence-corrected chi connectivity index (χ2v) is 5.66. The van der Waals surface area contributed by atoms with Gasteiger partial charge in [0.05, 0.1) is 0 Å². The molecular formula is C19H20F3NO2. The number of ether oxygens (including phenoxy) is 2. The van der Waals surface area contributed by atoms with Crippen molar-refractivity contribution < 1.29 is 22.6 Å². The molecule has 1 unspecified atom stereocenters. The van der Waals surface area contributed by atoms with Gasteiger partial charge in [0, 0.05) is 6.04 Å². The smallest absolute Gasteiger partial charge is 0.489 e. The van der Waals surface area contributed by atoms with Crippen LogP contribution in [-0.2, 0) is 6.61 Å². The first kappa shape index (κ1) is 18.9. The Labute approximate surface area is 144 Å². The van der Waals surface area contributed by atoms with Crippen LogP contribution in [0.15, 0.2) is 54.6 Å². The van der Waals surface area contributed by atoms with Crippen molar-refractivity contribution in [3.63, 3.8) is 0 Å². The first-order valence-corrected chi connectivity index (χ1v) is 7.81. The van der Waals surface area contributed by atoms with E-state index in [-0.39, 0.29) is 18.4 Å². The molecule has 2 rings (SSSR count). The summed E-state index contributed by atoms with van der Waals surface area (Å²) in [5, 5.41) is 0. The molecule has 1 atom stereocenters. The van der Waals surface area contributed by atoms with Gasteiger partial charge in [0.25, 0.3) is 0 Å². The molecule has 0 saturated heterocycles. The molecule has 25 heavy (non-hydrogen) atoms. The first-order chi connectivity index (χ1) is 11.8. The van der Waals surface area contributed by atoms with E-state index in [1.165, 1.54) is 24.3 Å². The van der Waals surface area contributed by atoms with Gasteiger partial charge in [-0.2, -0.15) is 0 Å². The maximum atomic E-state index is 12.1. The summed E-state index contributed by atoms with van der Waals surface area (Å²) in [4.78, 5) is 0. The fourth-order valence-electron chi connectivity index (χ4n) is 2.05. The molecule has 134 valence electrons. The van der Waals surface area contributed by atoms with E-state index in [9.17, 15) is 13.2 Å². The van der Waals surface area contributed by atoms with E-state index in [4.69, 9.17) is 10.5 Å². The summed E-state index contributed by atoms with van der Waals surface area (Å²) in [7, 11) is 0. The van der Waals surface area contributed by atoms with E-state index in [1.807, 2.05) is 43.3 Å². The second-order valence-electron chi connectivity index (χ2n) is 5.66. The Bertz CT molecular complexity index is 677. The van der Waals surface area contributed by atoms with Crippen LogP contribution in [0.5, 0.6) is 11.5 Å². The number of benzene rings is 2. The average molecular weight is 351 g/mol. The molecule has 2 N–H and O–H groups in total. The topological polar surface area (TPSA) is 44.5 Å². The Hall–Kier alpha value is -2.47. The highest BCUT2D eigenvalue weighted by Crippen LogP contribution is 2.23. The van der Waals surface area contributed by atoms with E-state index in [0.717, 1.165) is 17.5 Å². The van der Waals surface area contributed by atoms with Gasteiger partial charge in [-0.15, -0.1) is 13.2 Å². The normalized spacial score (nSPS) is 13.0. The van der Waals surface area contributed by atoms with Crippen LogP contribution in [0.1, 0.15) is 24.5 Å². The lowest BCUT2D eigenvalue weighted by molar-refractivity contribution is -0.274. The summed E-state index contributed by atoms with van der Waals surface area (Å²) in [5.74, 6) is 0.430. The average Bonchev–Trinajstić information content (AvgIpc) is 2.54. The second kappa shape index (κ2) is 8.58. The zero-order chi connectivity index (χ0) is 18.3. The third-order valence-corrected chi connectivity index (χ3v) is 3.26. The SMILES string of the molecule is CC(N)CC=Cc1ccc(OCc2ccc(OC(F)(F)F)cc2)cc1. The molecule has 0 aliphatic heterocycles. The summed E-state index contributed by atoms with van der Waals surface area (Å²) in [6, 6.07) is 13.3. The lowest BCUT2D eigenvalue weighted by Gasteiger charge is -2.10. The molecular weight excluding hydrogens is 331 g/mol. The van der Waals surface area contributed by atoms with Crippen LogP contribution in [0.25, 0.3) is 6.08 Å². The summed E-state index contributed by atoms with van der Waals surface area (Å²) >= 11 is 0. The van der Waals surface area contributed by atoms with Crippen LogP contribution >= 0.6 is 0 Å². The van der Waals surface area contributed by atoms with E-state index >= 15 is 0 Å². The maximum absolute atomic E-state index is 12.1. The molecule has 6 heteroatoms. The fourth-order valence-corrected chi connectivity index (χ4v) is 2.05. The standard InChI is InChI=1S/C19H20F3NO2/c1-14(23)3-2-4-15-5-9-17(10-6-15)24-13-16-7-11-18(12-8-16)25-19(20,21)22/h2,4-12,14H,3,13,23H2,1H3. The Morgan fingerprint density at radius 1 is 1.00 bits per heavy atom. The molecule has 0 aliphatic carbocycles. The zero-order valence-corrected chi connectivity index (χ0v) is 13.8. The fraction of sp³-hybridized carbons (Fsp3) is 0.263. The third-order valence-electron chi connectivity index (χ3n) is 3.26. The molecule has 0 aliphatic rings. The van der Waals surface area contributed by atoms with Gasteiger partial charge in [-0.3, -0.25) is 0 Å². The molecule has 2 aromatic carbocycles. The van der Waals surface area contributed by atoms with Crippen molar-refractivity contribution in [2.75, 3.05) is 0 Å². The lowest BCUT2D eigenvalue weighted by atomic mass is 10.1. The molecule has 0 spiro atoms. The summed E-state index contributed by atoms with van der Waals surface area (Å²) in [6.45, 7) is 2.20. The Morgan fingerprint density at radius 2 is 1.60 bits per heavy atom. The largest absolute Gasteiger partial charge is 0.573 e. The highest BCUT2D eigenvalue weighted by Gasteiger charge is 2.30. The molecule has 0 fully saturated rings. The van der Waals surface area contributed by atoms with Crippen molar-refractivity contribution in [3.05, 3.63) is 65.7 Å². The Morgan fingerprint density at radius 3 is 2.16 bits per heavy atom. The van der Waals surface area contributed by atoms with Crippen molar-refractivity contribution >= 4 is 6.08 Å². The van der Waals surface area contributed by atoms with Gasteiger partial charge in [0.15, 0.2) is 0 Å². The first-order valence-electron chi connectivity index (χ1n) is 7.81. The minimum absolute atomic E-state index is 0.131. The van der Waals surface area contributed by atoms with Crippen LogP contribution in [0, 0.1) is 0 Å². The van der Waals surface area contributed by atoms with Crippen molar-refractivity contribution in [1.82, 2.24) is 0 Å². The van der Waals surface area contributed by atoms with Gasteiger partial charge in [0.2, 0.25) is 0 Å². The Kier molecular flexibility index (Phi) is 6.47. The van der Waals surface area contributed by atoms with Gasteiger partial charge in [0.1, 0.15) is 18.1 Å². The minimum Gasteiger partial charge on any atom is -0.489 e. The number of rotatable bonds is 7. The van der Waals surface area contributed by atoms with Gasteiger partial charge in [-0.05, 0) is 48.7 Å². The molecule has 2 aromatic rings. The summed E-state index contributed by atoms with van der Waals surface area (Å²) in [6.07, 6.45) is 0.139. The highest BCUT2D eigenvalue weighted by molar-refractivity contribution is 5.50. The molecule has 0 bridgehead atoms. The van der Waals surface area contributed by atoms with Gasteiger partial charge >= 0.3 is 6.36 Å². The van der Waals surface area contributed by atoms with E-state index in [0.29, 0.717) is 5.75 Å². The molecule has 0 radical (unpaired) electrons. The molecule has 0 saturated carbocycles. The summed E-state index contributed by atoms with van der Waals surface area (Å²) < 4.78 is 45.8. The highest BCUT2D eigenvalue weighted by atomic mass is 19.4. The van der Waals surface area contributed by atoms with Crippen LogP contribution in [0.3, 0.4) is 0 Å². The quantitative estimate of drug-likeness (QED) is 0.770. The van der Waals surface area contributed by atoms with E-state index in [2.05, 4.69) is 4.74 Å². The van der Waals surface area contributed by atoms with Crippen molar-refractivity contribution in [2.45, 2.75) is 32.4 Å². The number of hydrogen-bond donors (Lipinski definition) is 1. The van der Waals surface area contributed by atoms with Crippen LogP contribution in [0.2, 0.25) is 0 Å². The molecule has 0 amide bonds. The van der Waals surface area contributed by atoms with E-state index < -0.39 is 6.36 Å². The number of nitrogens with two attached hydrogens (primary N) is 1. The maximum Gasteiger partial charge on any atom is 0.573 e. The van der Waals surface area contributed by atoms with Crippen LogP contribution < -0.4 is 15.2 Å². The van der Waals surface area contributed by atoms with Crippen molar-refractivity contribution in [2.24, 2.45) is 5.73 Å². The van der Waals surface area contributed by atoms with Gasteiger partial charge in [-0.25, -0.2) is 0 Å². The monoisotopic (exact) mass is 351 g/mol. The predicted octanol–water partition coefficient (Wildman–Crippen LogP) is 4.91. The lowest BCUT2D eigenvalue weighted by Crippen LogP contribution is -2.17. The zero-order valence-electron chi connectivity index (χ0n) is 13.8. The van der Waals surface area contributed by atoms with Crippen molar-refractivity contribution in [3.8, 4) is 11.5 Å². The number of hydrogen-bond acceptors (Lipinski definition) is 3. The van der Waals surface area contributed by atoms with Crippen molar-refractivity contribution in [1.29, 1.82) is 0 Å². The number of halogens is 3. The molecule has 3 nitrogen and oxygen atoms in total. The van der Waals surface area contributed by atoms with Crippen LogP contribution in [-0.4, -0.2) is 12.4 Å².